The number of benzene rings is 1. The van der Waals surface area contributed by atoms with E-state index >= 15 is 0 Å². The number of likely N-dealkylation sites (tertiary alicyclic amines) is 1. The number of ether oxygens (including phenoxy) is 1. The number of pyridine rings is 1. The van der Waals surface area contributed by atoms with Gasteiger partial charge in [0.25, 0.3) is 5.91 Å². The quantitative estimate of drug-likeness (QED) is 0.312. The maximum Gasteiger partial charge on any atom is 0.434 e. The molecule has 1 aromatic carbocycles. The van der Waals surface area contributed by atoms with Crippen molar-refractivity contribution in [3.05, 3.63) is 77.4 Å². The molecule has 0 spiro atoms. The fourth-order valence-electron chi connectivity index (χ4n) is 4.85. The molecule has 10 nitrogen and oxygen atoms in total. The summed E-state index contributed by atoms with van der Waals surface area (Å²) in [5, 5.41) is 6.29. The van der Waals surface area contributed by atoms with E-state index in [-0.39, 0.29) is 36.9 Å². The molecule has 0 saturated carbocycles. The smallest absolute Gasteiger partial charge is 0.434 e. The zero-order chi connectivity index (χ0) is 31.1. The normalized spacial score (nSPS) is 17.3. The number of nitrogens with two attached hydrogens (primary N) is 1. The van der Waals surface area contributed by atoms with Crippen LogP contribution in [0.15, 0.2) is 55.0 Å². The van der Waals surface area contributed by atoms with Crippen LogP contribution in [-0.4, -0.2) is 55.6 Å². The number of hydrogen-bond acceptors (Lipinski definition) is 7. The van der Waals surface area contributed by atoms with Gasteiger partial charge in [0, 0.05) is 24.8 Å². The standard InChI is InChI=1S/C27H23F6N7O3/c1-14-10-39(25(42)43-12-15-5-3-2-4-6-15)11-19(14)38-24(41)17-7-16(9-35-22(17)27(31,32)33)20-8-18(26(28,29)30)21-23(34)36-13-37-40(20)21/h2-9,13-14,19H,10-12H2,1H3,(H,38,41)(H2,34,36,37)/t14-,19+/m0/s1. The van der Waals surface area contributed by atoms with Crippen LogP contribution >= 0.6 is 0 Å². The molecule has 4 heterocycles. The van der Waals surface area contributed by atoms with Gasteiger partial charge in [0.05, 0.1) is 22.9 Å². The number of hydrogen-bond donors (Lipinski definition) is 2. The monoisotopic (exact) mass is 607 g/mol. The van der Waals surface area contributed by atoms with Crippen LogP contribution < -0.4 is 11.1 Å². The molecular formula is C27H23F6N7O3. The van der Waals surface area contributed by atoms with Crippen molar-refractivity contribution in [2.45, 2.75) is 31.9 Å². The Morgan fingerprint density at radius 2 is 1.77 bits per heavy atom. The Labute approximate surface area is 239 Å². The van der Waals surface area contributed by atoms with Crippen LogP contribution in [-0.2, 0) is 23.7 Å². The highest BCUT2D eigenvalue weighted by atomic mass is 19.4. The van der Waals surface area contributed by atoms with Gasteiger partial charge in [0.2, 0.25) is 0 Å². The van der Waals surface area contributed by atoms with Crippen molar-refractivity contribution in [3.63, 3.8) is 0 Å². The molecule has 3 aromatic heterocycles. The van der Waals surface area contributed by atoms with Crippen molar-refractivity contribution >= 4 is 23.3 Å². The Morgan fingerprint density at radius 3 is 2.44 bits per heavy atom. The second kappa shape index (κ2) is 11.1. The first kappa shape index (κ1) is 29.6. The summed E-state index contributed by atoms with van der Waals surface area (Å²) >= 11 is 0. The minimum absolute atomic E-state index is 0.00995. The molecule has 1 aliphatic rings. The first-order chi connectivity index (χ1) is 20.2. The third kappa shape index (κ3) is 6.03. The number of amides is 2. The number of rotatable bonds is 5. The average Bonchev–Trinajstić information content (AvgIpc) is 3.53. The third-order valence-electron chi connectivity index (χ3n) is 6.98. The van der Waals surface area contributed by atoms with Crippen LogP contribution in [0, 0.1) is 5.92 Å². The molecule has 226 valence electrons. The summed E-state index contributed by atoms with van der Waals surface area (Å²) < 4.78 is 89.0. The van der Waals surface area contributed by atoms with Crippen LogP contribution in [0.5, 0.6) is 0 Å². The molecule has 0 radical (unpaired) electrons. The predicted molar refractivity (Wildman–Crippen MR) is 139 cm³/mol. The summed E-state index contributed by atoms with van der Waals surface area (Å²) in [7, 11) is 0. The fourth-order valence-corrected chi connectivity index (χ4v) is 4.85. The topological polar surface area (TPSA) is 128 Å². The zero-order valence-corrected chi connectivity index (χ0v) is 22.3. The van der Waals surface area contributed by atoms with Gasteiger partial charge in [0.15, 0.2) is 11.5 Å². The SMILES string of the molecule is C[C@H]1CN(C(=O)OCc2ccccc2)C[C@H]1NC(=O)c1cc(-c2cc(C(F)(F)F)c3c(N)ncnn23)cnc1C(F)(F)F. The maximum absolute atomic E-state index is 13.9. The number of fused-ring (bicyclic) bond motifs is 1. The van der Waals surface area contributed by atoms with Gasteiger partial charge in [0.1, 0.15) is 18.5 Å². The summed E-state index contributed by atoms with van der Waals surface area (Å²) in [5.74, 6) is -2.04. The number of alkyl halides is 6. The van der Waals surface area contributed by atoms with Crippen LogP contribution in [0.4, 0.5) is 37.0 Å². The number of anilines is 1. The van der Waals surface area contributed by atoms with E-state index in [9.17, 15) is 35.9 Å². The Balaban J connectivity index is 1.42. The lowest BCUT2D eigenvalue weighted by molar-refractivity contribution is -0.141. The van der Waals surface area contributed by atoms with E-state index in [0.717, 1.165) is 22.5 Å². The molecular weight excluding hydrogens is 584 g/mol. The number of carbonyl (C=O) groups excluding carboxylic acids is 2. The van der Waals surface area contributed by atoms with Crippen LogP contribution in [0.25, 0.3) is 16.8 Å². The first-order valence-electron chi connectivity index (χ1n) is 12.8. The highest BCUT2D eigenvalue weighted by molar-refractivity contribution is 5.97. The lowest BCUT2D eigenvalue weighted by atomic mass is 10.0. The van der Waals surface area contributed by atoms with Crippen LogP contribution in [0.2, 0.25) is 0 Å². The lowest BCUT2D eigenvalue weighted by Crippen LogP contribution is -2.41. The van der Waals surface area contributed by atoms with Gasteiger partial charge in [-0.2, -0.15) is 31.4 Å². The maximum atomic E-state index is 13.9. The molecule has 1 fully saturated rings. The van der Waals surface area contributed by atoms with Gasteiger partial charge in [-0.05, 0) is 23.6 Å². The molecule has 1 saturated heterocycles. The summed E-state index contributed by atoms with van der Waals surface area (Å²) in [6.45, 7) is 1.84. The Hall–Kier alpha value is -4.89. The number of halogens is 6. The minimum atomic E-state index is -5.06. The Kier molecular flexibility index (Phi) is 7.62. The van der Waals surface area contributed by atoms with E-state index < -0.39 is 58.6 Å². The van der Waals surface area contributed by atoms with E-state index in [1.165, 1.54) is 4.90 Å². The van der Waals surface area contributed by atoms with Gasteiger partial charge < -0.3 is 20.7 Å². The second-order valence-corrected chi connectivity index (χ2v) is 9.97. The number of nitrogens with one attached hydrogen (secondary N) is 1. The predicted octanol–water partition coefficient (Wildman–Crippen LogP) is 4.80. The number of nitrogens with zero attached hydrogens (tertiary/aromatic N) is 5. The molecule has 5 rings (SSSR count). The van der Waals surface area contributed by atoms with E-state index in [1.54, 1.807) is 37.3 Å². The average molecular weight is 608 g/mol. The number of nitrogen functional groups attached to an aromatic ring is 1. The van der Waals surface area contributed by atoms with Gasteiger partial charge in [-0.25, -0.2) is 14.3 Å². The van der Waals surface area contributed by atoms with Crippen molar-refractivity contribution in [2.75, 3.05) is 18.8 Å². The van der Waals surface area contributed by atoms with Crippen molar-refractivity contribution < 1.29 is 40.7 Å². The molecule has 0 bridgehead atoms. The number of aromatic nitrogens is 4. The molecule has 43 heavy (non-hydrogen) atoms. The molecule has 1 aliphatic heterocycles. The summed E-state index contributed by atoms with van der Waals surface area (Å²) in [4.78, 5) is 34.1. The van der Waals surface area contributed by atoms with Gasteiger partial charge in [-0.15, -0.1) is 0 Å². The van der Waals surface area contributed by atoms with Crippen LogP contribution in [0.1, 0.15) is 34.1 Å². The zero-order valence-electron chi connectivity index (χ0n) is 22.3. The summed E-state index contributed by atoms with van der Waals surface area (Å²) in [6, 6.07) is 9.59. The van der Waals surface area contributed by atoms with Gasteiger partial charge in [-0.1, -0.05) is 37.3 Å². The highest BCUT2D eigenvalue weighted by Crippen LogP contribution is 2.39. The van der Waals surface area contributed by atoms with Crippen molar-refractivity contribution in [1.29, 1.82) is 0 Å². The van der Waals surface area contributed by atoms with Gasteiger partial charge in [-0.3, -0.25) is 9.78 Å². The first-order valence-corrected chi connectivity index (χ1v) is 12.8. The molecule has 0 aliphatic carbocycles. The fraction of sp³-hybridized carbons (Fsp3) is 0.296. The van der Waals surface area contributed by atoms with E-state index in [4.69, 9.17) is 10.5 Å². The molecule has 0 unspecified atom stereocenters. The molecule has 2 atom stereocenters. The van der Waals surface area contributed by atoms with Crippen molar-refractivity contribution in [2.24, 2.45) is 5.92 Å². The third-order valence-corrected chi connectivity index (χ3v) is 6.98. The molecule has 16 heteroatoms. The van der Waals surface area contributed by atoms with Crippen molar-refractivity contribution in [3.8, 4) is 11.3 Å². The lowest BCUT2D eigenvalue weighted by Gasteiger charge is -2.19. The molecule has 3 N–H and O–H groups in total. The minimum Gasteiger partial charge on any atom is -0.445 e. The Bertz CT molecular complexity index is 1670. The number of carbonyl (C=O) groups is 2. The van der Waals surface area contributed by atoms with Crippen LogP contribution in [0.3, 0.4) is 0 Å². The highest BCUT2D eigenvalue weighted by Gasteiger charge is 2.41. The van der Waals surface area contributed by atoms with E-state index in [0.29, 0.717) is 12.3 Å². The molecule has 4 aromatic rings. The summed E-state index contributed by atoms with van der Waals surface area (Å²) in [5.41, 5.74) is 1.56. The molecule has 2 amide bonds. The Morgan fingerprint density at radius 1 is 1.05 bits per heavy atom. The summed E-state index contributed by atoms with van der Waals surface area (Å²) in [6.07, 6.45) is -9.04. The van der Waals surface area contributed by atoms with E-state index in [1.807, 2.05) is 0 Å². The second-order valence-electron chi connectivity index (χ2n) is 9.97. The van der Waals surface area contributed by atoms with Crippen molar-refractivity contribution in [1.82, 2.24) is 29.8 Å². The van der Waals surface area contributed by atoms with E-state index in [2.05, 4.69) is 20.4 Å². The van der Waals surface area contributed by atoms with Gasteiger partial charge >= 0.3 is 18.4 Å². The largest absolute Gasteiger partial charge is 0.445 e.